The smallest absolute Gasteiger partial charge is 0.104 e. The highest BCUT2D eigenvalue weighted by Gasteiger charge is 2.07. The van der Waals surface area contributed by atoms with E-state index >= 15 is 0 Å². The lowest BCUT2D eigenvalue weighted by Gasteiger charge is -2.09. The summed E-state index contributed by atoms with van der Waals surface area (Å²) in [6, 6.07) is 13.5. The van der Waals surface area contributed by atoms with Crippen molar-refractivity contribution in [3.05, 3.63) is 69.8 Å². The second-order valence-electron chi connectivity index (χ2n) is 4.82. The lowest BCUT2D eigenvalue weighted by Crippen LogP contribution is -2.09. The van der Waals surface area contributed by atoms with E-state index in [0.29, 0.717) is 21.6 Å². The molecule has 3 aromatic rings. The third-order valence-electron chi connectivity index (χ3n) is 3.41. The maximum atomic E-state index is 6.23. The summed E-state index contributed by atoms with van der Waals surface area (Å²) in [5.41, 5.74) is 8.60. The number of rotatable bonds is 3. The molecular formula is C16H12Cl2N2S. The minimum Gasteiger partial charge on any atom is -0.389 e. The molecular weight excluding hydrogens is 323 g/mol. The van der Waals surface area contributed by atoms with Gasteiger partial charge in [-0.3, -0.25) is 0 Å². The average Bonchev–Trinajstić information content (AvgIpc) is 2.85. The minimum atomic E-state index is 0.394. The van der Waals surface area contributed by atoms with Crippen LogP contribution in [-0.2, 0) is 6.54 Å². The SMILES string of the molecule is NC(=S)c1ccc2ccn(Cc3cc(Cl)ccc3Cl)c2c1. The van der Waals surface area contributed by atoms with Crippen molar-refractivity contribution in [1.29, 1.82) is 0 Å². The summed E-state index contributed by atoms with van der Waals surface area (Å²) in [4.78, 5) is 0.394. The van der Waals surface area contributed by atoms with Crippen LogP contribution in [0.4, 0.5) is 0 Å². The molecule has 1 heterocycles. The van der Waals surface area contributed by atoms with Crippen LogP contribution in [0.3, 0.4) is 0 Å². The zero-order valence-corrected chi connectivity index (χ0v) is 13.3. The first-order valence-corrected chi connectivity index (χ1v) is 7.53. The number of nitrogens with zero attached hydrogens (tertiary/aromatic N) is 1. The van der Waals surface area contributed by atoms with E-state index in [1.165, 1.54) is 0 Å². The molecule has 0 amide bonds. The van der Waals surface area contributed by atoms with E-state index in [1.807, 2.05) is 36.5 Å². The van der Waals surface area contributed by atoms with Gasteiger partial charge in [-0.25, -0.2) is 0 Å². The Kier molecular flexibility index (Phi) is 3.89. The highest BCUT2D eigenvalue weighted by atomic mass is 35.5. The first-order chi connectivity index (χ1) is 10.0. The minimum absolute atomic E-state index is 0.394. The van der Waals surface area contributed by atoms with E-state index in [9.17, 15) is 0 Å². The molecule has 0 saturated heterocycles. The fourth-order valence-electron chi connectivity index (χ4n) is 2.32. The molecule has 0 saturated carbocycles. The molecule has 1 aromatic heterocycles. The van der Waals surface area contributed by atoms with E-state index in [2.05, 4.69) is 10.6 Å². The molecule has 2 aromatic carbocycles. The Morgan fingerprint density at radius 2 is 1.90 bits per heavy atom. The normalized spacial score (nSPS) is 11.0. The van der Waals surface area contributed by atoms with Crippen molar-refractivity contribution >= 4 is 51.3 Å². The first kappa shape index (κ1) is 14.4. The number of benzene rings is 2. The van der Waals surface area contributed by atoms with Crippen LogP contribution in [-0.4, -0.2) is 9.56 Å². The fraction of sp³-hybridized carbons (Fsp3) is 0.0625. The van der Waals surface area contributed by atoms with Crippen LogP contribution in [0, 0.1) is 0 Å². The van der Waals surface area contributed by atoms with Crippen LogP contribution in [0.2, 0.25) is 10.0 Å². The summed E-state index contributed by atoms with van der Waals surface area (Å²) in [6.45, 7) is 0.643. The fourth-order valence-corrected chi connectivity index (χ4v) is 2.82. The molecule has 21 heavy (non-hydrogen) atoms. The predicted molar refractivity (Wildman–Crippen MR) is 93.4 cm³/mol. The summed E-state index contributed by atoms with van der Waals surface area (Å²) in [6.07, 6.45) is 2.02. The highest BCUT2D eigenvalue weighted by molar-refractivity contribution is 7.80. The molecule has 5 heteroatoms. The molecule has 0 radical (unpaired) electrons. The second kappa shape index (κ2) is 5.68. The van der Waals surface area contributed by atoms with Gasteiger partial charge in [0.15, 0.2) is 0 Å². The molecule has 0 bridgehead atoms. The quantitative estimate of drug-likeness (QED) is 0.708. The molecule has 2 N–H and O–H groups in total. The number of halogens is 2. The van der Waals surface area contributed by atoms with Gasteiger partial charge in [0.25, 0.3) is 0 Å². The molecule has 0 spiro atoms. The molecule has 2 nitrogen and oxygen atoms in total. The van der Waals surface area contributed by atoms with E-state index < -0.39 is 0 Å². The Morgan fingerprint density at radius 3 is 2.67 bits per heavy atom. The standard InChI is InChI=1S/C16H12Cl2N2S/c17-13-3-4-14(18)12(7-13)9-20-6-5-10-1-2-11(16(19)21)8-15(10)20/h1-8H,9H2,(H2,19,21). The van der Waals surface area contributed by atoms with E-state index in [4.69, 9.17) is 41.2 Å². The zero-order valence-electron chi connectivity index (χ0n) is 11.0. The Morgan fingerprint density at radius 1 is 1.10 bits per heavy atom. The van der Waals surface area contributed by atoms with Crippen LogP contribution in [0.25, 0.3) is 10.9 Å². The number of thiocarbonyl (C=S) groups is 1. The van der Waals surface area contributed by atoms with Crippen LogP contribution < -0.4 is 5.73 Å². The van der Waals surface area contributed by atoms with Crippen LogP contribution >= 0.6 is 35.4 Å². The summed E-state index contributed by atoms with van der Waals surface area (Å²) in [5, 5.41) is 2.51. The summed E-state index contributed by atoms with van der Waals surface area (Å²) in [7, 11) is 0. The second-order valence-corrected chi connectivity index (χ2v) is 6.10. The lowest BCUT2D eigenvalue weighted by molar-refractivity contribution is 0.837. The van der Waals surface area contributed by atoms with Gasteiger partial charge in [0, 0.05) is 33.9 Å². The Hall–Kier alpha value is -1.55. The van der Waals surface area contributed by atoms with Gasteiger partial charge in [-0.05, 0) is 41.3 Å². The van der Waals surface area contributed by atoms with E-state index in [-0.39, 0.29) is 0 Å². The molecule has 0 atom stereocenters. The monoisotopic (exact) mass is 334 g/mol. The van der Waals surface area contributed by atoms with Crippen molar-refractivity contribution in [2.75, 3.05) is 0 Å². The first-order valence-electron chi connectivity index (χ1n) is 6.37. The van der Waals surface area contributed by atoms with Crippen molar-refractivity contribution in [2.24, 2.45) is 5.73 Å². The third kappa shape index (κ3) is 2.91. The van der Waals surface area contributed by atoms with Gasteiger partial charge < -0.3 is 10.3 Å². The average molecular weight is 335 g/mol. The number of hydrogen-bond donors (Lipinski definition) is 1. The summed E-state index contributed by atoms with van der Waals surface area (Å²) < 4.78 is 2.11. The molecule has 0 aliphatic carbocycles. The molecule has 3 rings (SSSR count). The van der Waals surface area contributed by atoms with Gasteiger partial charge in [0.2, 0.25) is 0 Å². The van der Waals surface area contributed by atoms with E-state index in [0.717, 1.165) is 22.0 Å². The Balaban J connectivity index is 2.06. The zero-order chi connectivity index (χ0) is 15.0. The maximum absolute atomic E-state index is 6.23. The predicted octanol–water partition coefficient (Wildman–Crippen LogP) is 4.63. The van der Waals surface area contributed by atoms with Crippen molar-refractivity contribution < 1.29 is 0 Å². The molecule has 0 aliphatic heterocycles. The van der Waals surface area contributed by atoms with Gasteiger partial charge in [-0.2, -0.15) is 0 Å². The Bertz CT molecular complexity index is 839. The number of hydrogen-bond acceptors (Lipinski definition) is 1. The van der Waals surface area contributed by atoms with Crippen LogP contribution in [0.5, 0.6) is 0 Å². The van der Waals surface area contributed by atoms with Gasteiger partial charge >= 0.3 is 0 Å². The number of aromatic nitrogens is 1. The lowest BCUT2D eigenvalue weighted by atomic mass is 10.1. The Labute approximate surface area is 138 Å². The van der Waals surface area contributed by atoms with Crippen molar-refractivity contribution in [3.63, 3.8) is 0 Å². The molecule has 0 aliphatic rings. The largest absolute Gasteiger partial charge is 0.389 e. The van der Waals surface area contributed by atoms with Gasteiger partial charge in [0.05, 0.1) is 0 Å². The van der Waals surface area contributed by atoms with Crippen molar-refractivity contribution in [2.45, 2.75) is 6.54 Å². The third-order valence-corrected chi connectivity index (χ3v) is 4.25. The number of fused-ring (bicyclic) bond motifs is 1. The van der Waals surface area contributed by atoms with Gasteiger partial charge in [0.1, 0.15) is 4.99 Å². The summed E-state index contributed by atoms with van der Waals surface area (Å²) in [5.74, 6) is 0. The van der Waals surface area contributed by atoms with Crippen molar-refractivity contribution in [3.8, 4) is 0 Å². The van der Waals surface area contributed by atoms with Gasteiger partial charge in [-0.15, -0.1) is 0 Å². The maximum Gasteiger partial charge on any atom is 0.104 e. The van der Waals surface area contributed by atoms with Crippen LogP contribution in [0.15, 0.2) is 48.7 Å². The molecule has 0 fully saturated rings. The summed E-state index contributed by atoms with van der Waals surface area (Å²) >= 11 is 17.3. The van der Waals surface area contributed by atoms with Crippen LogP contribution in [0.1, 0.15) is 11.1 Å². The number of nitrogens with two attached hydrogens (primary N) is 1. The topological polar surface area (TPSA) is 30.9 Å². The molecule has 0 unspecified atom stereocenters. The van der Waals surface area contributed by atoms with Crippen molar-refractivity contribution in [1.82, 2.24) is 4.57 Å². The van der Waals surface area contributed by atoms with E-state index in [1.54, 1.807) is 6.07 Å². The van der Waals surface area contributed by atoms with Gasteiger partial charge in [-0.1, -0.05) is 47.6 Å². The molecule has 106 valence electrons. The highest BCUT2D eigenvalue weighted by Crippen LogP contribution is 2.24.